The molecule has 0 aliphatic rings. The Balaban J connectivity index is 2.10. The minimum absolute atomic E-state index is 0.0259. The highest BCUT2D eigenvalue weighted by Crippen LogP contribution is 2.19. The van der Waals surface area contributed by atoms with Crippen LogP contribution in [0.25, 0.3) is 0 Å². The van der Waals surface area contributed by atoms with Gasteiger partial charge < -0.3 is 14.5 Å². The molecule has 162 valence electrons. The monoisotopic (exact) mass is 417 g/mol. The topological polar surface area (TPSA) is 124 Å². The van der Waals surface area contributed by atoms with Gasteiger partial charge in [0.25, 0.3) is 11.2 Å². The second-order valence-electron chi connectivity index (χ2n) is 7.75. The fraction of sp³-hybridized carbons (Fsp3) is 0.429. The molecule has 0 aliphatic carbocycles. The third-order valence-corrected chi connectivity index (χ3v) is 4.14. The number of nitro groups is 1. The molecule has 0 spiro atoms. The van der Waals surface area contributed by atoms with Gasteiger partial charge in [-0.05, 0) is 45.2 Å². The molecule has 0 unspecified atom stereocenters. The Bertz CT molecular complexity index is 931. The van der Waals surface area contributed by atoms with Gasteiger partial charge in [-0.2, -0.15) is 0 Å². The number of benzene rings is 1. The summed E-state index contributed by atoms with van der Waals surface area (Å²) in [6.07, 6.45) is 1.64. The fourth-order valence-electron chi connectivity index (χ4n) is 2.69. The summed E-state index contributed by atoms with van der Waals surface area (Å²) in [5, 5.41) is 13.4. The zero-order valence-electron chi connectivity index (χ0n) is 17.6. The number of non-ortho nitro benzene ring substituents is 1. The molecule has 1 amide bonds. The van der Waals surface area contributed by atoms with Gasteiger partial charge in [0.15, 0.2) is 12.0 Å². The average Bonchev–Trinajstić information content (AvgIpc) is 2.66. The lowest BCUT2D eigenvalue weighted by atomic mass is 10.0. The lowest BCUT2D eigenvalue weighted by Crippen LogP contribution is -2.42. The minimum atomic E-state index is -0.735. The number of H-pyrrole nitrogens is 1. The van der Waals surface area contributed by atoms with E-state index >= 15 is 0 Å². The van der Waals surface area contributed by atoms with Crippen molar-refractivity contribution in [3.8, 4) is 5.75 Å². The summed E-state index contributed by atoms with van der Waals surface area (Å²) >= 11 is 0. The highest BCUT2D eigenvalue weighted by molar-refractivity contribution is 5.67. The molecule has 0 saturated carbocycles. The molecule has 0 bridgehead atoms. The zero-order valence-corrected chi connectivity index (χ0v) is 17.6. The average molecular weight is 417 g/mol. The Labute approximate surface area is 174 Å². The Morgan fingerprint density at radius 1 is 1.20 bits per heavy atom. The summed E-state index contributed by atoms with van der Waals surface area (Å²) in [6.45, 7) is 7.08. The van der Waals surface area contributed by atoms with Crippen LogP contribution in [0.1, 0.15) is 45.2 Å². The van der Waals surface area contributed by atoms with Crippen LogP contribution in [-0.2, 0) is 17.6 Å². The number of rotatable bonds is 8. The number of nitrogens with zero attached hydrogens (tertiary/aromatic N) is 1. The molecule has 1 heterocycles. The predicted molar refractivity (Wildman–Crippen MR) is 112 cm³/mol. The molecule has 30 heavy (non-hydrogen) atoms. The Hall–Kier alpha value is -3.36. The van der Waals surface area contributed by atoms with E-state index in [1.807, 2.05) is 6.92 Å². The molecule has 0 saturated heterocycles. The number of amides is 1. The molecule has 1 aromatic carbocycles. The van der Waals surface area contributed by atoms with E-state index in [2.05, 4.69) is 10.3 Å². The maximum absolute atomic E-state index is 12.3. The van der Waals surface area contributed by atoms with Crippen LogP contribution in [0.3, 0.4) is 0 Å². The molecular weight excluding hydrogens is 390 g/mol. The molecule has 1 aromatic heterocycles. The van der Waals surface area contributed by atoms with Gasteiger partial charge in [-0.3, -0.25) is 20.2 Å². The van der Waals surface area contributed by atoms with Gasteiger partial charge in [0.05, 0.1) is 4.92 Å². The summed E-state index contributed by atoms with van der Waals surface area (Å²) in [5.41, 5.74) is 0.536. The number of ether oxygens (including phenoxy) is 2. The number of hydrogen-bond acceptors (Lipinski definition) is 6. The normalized spacial score (nSPS) is 12.1. The van der Waals surface area contributed by atoms with Gasteiger partial charge >= 0.3 is 6.09 Å². The molecule has 9 nitrogen and oxygen atoms in total. The van der Waals surface area contributed by atoms with Crippen LogP contribution >= 0.6 is 0 Å². The molecule has 0 radical (unpaired) electrons. The summed E-state index contributed by atoms with van der Waals surface area (Å²) < 4.78 is 11.0. The van der Waals surface area contributed by atoms with Crippen LogP contribution < -0.4 is 15.6 Å². The highest BCUT2D eigenvalue weighted by atomic mass is 16.6. The van der Waals surface area contributed by atoms with E-state index in [4.69, 9.17) is 9.47 Å². The van der Waals surface area contributed by atoms with E-state index in [0.717, 1.165) is 5.56 Å². The van der Waals surface area contributed by atoms with Crippen molar-refractivity contribution in [2.75, 3.05) is 0 Å². The van der Waals surface area contributed by atoms with E-state index in [0.29, 0.717) is 24.8 Å². The number of aryl methyl sites for hydroxylation is 2. The Morgan fingerprint density at radius 2 is 1.87 bits per heavy atom. The van der Waals surface area contributed by atoms with Crippen LogP contribution in [0.2, 0.25) is 0 Å². The molecular formula is C21H27N3O6. The number of carbonyl (C=O) groups excluding carboxylic acids is 1. The lowest BCUT2D eigenvalue weighted by Gasteiger charge is -2.24. The van der Waals surface area contributed by atoms with Crippen molar-refractivity contribution in [1.82, 2.24) is 10.3 Å². The third-order valence-electron chi connectivity index (χ3n) is 4.14. The second kappa shape index (κ2) is 9.91. The van der Waals surface area contributed by atoms with Crippen LogP contribution in [0.15, 0.2) is 41.3 Å². The molecule has 2 aromatic rings. The van der Waals surface area contributed by atoms with E-state index in [-0.39, 0.29) is 11.4 Å². The summed E-state index contributed by atoms with van der Waals surface area (Å²) in [6, 6.07) is 8.00. The smallest absolute Gasteiger partial charge is 0.410 e. The first-order chi connectivity index (χ1) is 14.1. The first kappa shape index (κ1) is 22.9. The van der Waals surface area contributed by atoms with Gasteiger partial charge in [0.2, 0.25) is 0 Å². The summed E-state index contributed by atoms with van der Waals surface area (Å²) in [5.74, 6) is 0.127. The molecule has 0 fully saturated rings. The van der Waals surface area contributed by atoms with E-state index in [1.54, 1.807) is 39.0 Å². The van der Waals surface area contributed by atoms with Gasteiger partial charge in [-0.25, -0.2) is 4.79 Å². The van der Waals surface area contributed by atoms with Crippen molar-refractivity contribution in [2.45, 2.75) is 58.8 Å². The molecule has 2 rings (SSSR count). The van der Waals surface area contributed by atoms with E-state index in [9.17, 15) is 19.7 Å². The van der Waals surface area contributed by atoms with Crippen LogP contribution in [0, 0.1) is 10.1 Å². The quantitative estimate of drug-likeness (QED) is 0.383. The van der Waals surface area contributed by atoms with Crippen molar-refractivity contribution in [1.29, 1.82) is 0 Å². The number of nitro benzene ring substituents is 1. The number of carbonyl (C=O) groups is 1. The molecule has 9 heteroatoms. The number of hydrogen-bond donors (Lipinski definition) is 2. The number of aromatic amines is 1. The summed E-state index contributed by atoms with van der Waals surface area (Å²) in [7, 11) is 0. The standard InChI is InChI=1S/C21H27N3O6/c1-5-17(23-20(26)30-21(2,3)4)29-18-15(12-13-22-19(18)25)9-6-14-7-10-16(11-8-14)24(27)28/h7-8,10-13,17H,5-6,9H2,1-4H3,(H,22,25)(H,23,26)/t17-/m0/s1. The number of nitrogens with one attached hydrogen (secondary N) is 2. The lowest BCUT2D eigenvalue weighted by molar-refractivity contribution is -0.384. The highest BCUT2D eigenvalue weighted by Gasteiger charge is 2.21. The number of pyridine rings is 1. The second-order valence-corrected chi connectivity index (χ2v) is 7.75. The van der Waals surface area contributed by atoms with Gasteiger partial charge in [0.1, 0.15) is 5.60 Å². The predicted octanol–water partition coefficient (Wildman–Crippen LogP) is 3.71. The van der Waals surface area contributed by atoms with Crippen molar-refractivity contribution in [3.05, 3.63) is 68.1 Å². The zero-order chi connectivity index (χ0) is 22.3. The number of alkyl carbamates (subject to hydrolysis) is 1. The van der Waals surface area contributed by atoms with Gasteiger partial charge in [-0.15, -0.1) is 0 Å². The van der Waals surface area contributed by atoms with Crippen LogP contribution in [0.5, 0.6) is 5.75 Å². The molecule has 0 aliphatic heterocycles. The van der Waals surface area contributed by atoms with E-state index in [1.165, 1.54) is 18.3 Å². The Morgan fingerprint density at radius 3 is 2.43 bits per heavy atom. The first-order valence-electron chi connectivity index (χ1n) is 9.69. The SMILES string of the molecule is CC[C@@H](NC(=O)OC(C)(C)C)Oc1c(CCc2ccc([N+](=O)[O-])cc2)cc[nH]c1=O. The van der Waals surface area contributed by atoms with Crippen molar-refractivity contribution >= 4 is 11.8 Å². The largest absolute Gasteiger partial charge is 0.464 e. The van der Waals surface area contributed by atoms with Crippen molar-refractivity contribution in [2.24, 2.45) is 0 Å². The maximum atomic E-state index is 12.3. The number of aromatic nitrogens is 1. The molecule has 2 N–H and O–H groups in total. The minimum Gasteiger partial charge on any atom is -0.464 e. The third kappa shape index (κ3) is 6.91. The van der Waals surface area contributed by atoms with Gasteiger partial charge in [-0.1, -0.05) is 19.1 Å². The van der Waals surface area contributed by atoms with Crippen LogP contribution in [0.4, 0.5) is 10.5 Å². The summed E-state index contributed by atoms with van der Waals surface area (Å²) in [4.78, 5) is 37.3. The fourth-order valence-corrected chi connectivity index (χ4v) is 2.69. The molecule has 1 atom stereocenters. The Kier molecular flexibility index (Phi) is 7.57. The van der Waals surface area contributed by atoms with Crippen LogP contribution in [-0.4, -0.2) is 27.8 Å². The van der Waals surface area contributed by atoms with E-state index < -0.39 is 28.4 Å². The first-order valence-corrected chi connectivity index (χ1v) is 9.69. The van der Waals surface area contributed by atoms with Crippen molar-refractivity contribution in [3.63, 3.8) is 0 Å². The van der Waals surface area contributed by atoms with Crippen molar-refractivity contribution < 1.29 is 19.2 Å². The maximum Gasteiger partial charge on any atom is 0.410 e. The van der Waals surface area contributed by atoms with Gasteiger partial charge in [0, 0.05) is 30.3 Å².